The number of carbonyl (C=O) groups is 1. The Bertz CT molecular complexity index is 779. The highest BCUT2D eigenvalue weighted by molar-refractivity contribution is 6.36. The van der Waals surface area contributed by atoms with E-state index in [4.69, 9.17) is 16.6 Å². The second-order valence-corrected chi connectivity index (χ2v) is 7.48. The van der Waals surface area contributed by atoms with Crippen molar-refractivity contribution in [1.29, 1.82) is 0 Å². The molecule has 1 aromatic carbocycles. The molecule has 0 saturated heterocycles. The van der Waals surface area contributed by atoms with Gasteiger partial charge in [-0.05, 0) is 49.8 Å². The molecule has 4 rings (SSSR count). The molecule has 0 atom stereocenters. The molecule has 1 N–H and O–H groups in total. The lowest BCUT2D eigenvalue weighted by molar-refractivity contribution is 0.0933. The highest BCUT2D eigenvalue weighted by Gasteiger charge is 2.20. The smallest absolute Gasteiger partial charge is 0.251 e. The van der Waals surface area contributed by atoms with E-state index in [1.54, 1.807) is 0 Å². The standard InChI is InChI=1S/C20H23ClN2O/c21-19-15-8-5-9-17(15)23-18-12-13(10-11-16(18)19)20(24)22-14-6-3-1-2-4-7-14/h10-12,14H,1-9H2,(H,22,24). The number of amides is 1. The molecule has 1 saturated carbocycles. The maximum Gasteiger partial charge on any atom is 0.251 e. The van der Waals surface area contributed by atoms with Gasteiger partial charge in [-0.15, -0.1) is 0 Å². The summed E-state index contributed by atoms with van der Waals surface area (Å²) >= 11 is 6.55. The largest absolute Gasteiger partial charge is 0.349 e. The molecule has 1 heterocycles. The summed E-state index contributed by atoms with van der Waals surface area (Å²) < 4.78 is 0. The second-order valence-electron chi connectivity index (χ2n) is 7.10. The number of nitrogens with one attached hydrogen (secondary N) is 1. The Hall–Kier alpha value is -1.61. The molecule has 1 aromatic heterocycles. The van der Waals surface area contributed by atoms with Crippen LogP contribution in [0.4, 0.5) is 0 Å². The van der Waals surface area contributed by atoms with Crippen LogP contribution < -0.4 is 5.32 Å². The van der Waals surface area contributed by atoms with Gasteiger partial charge in [-0.1, -0.05) is 43.4 Å². The van der Waals surface area contributed by atoms with Gasteiger partial charge >= 0.3 is 0 Å². The van der Waals surface area contributed by atoms with Crippen LogP contribution in [0, 0.1) is 0 Å². The van der Waals surface area contributed by atoms with E-state index in [9.17, 15) is 4.79 Å². The number of hydrogen-bond donors (Lipinski definition) is 1. The highest BCUT2D eigenvalue weighted by Crippen LogP contribution is 2.33. The SMILES string of the molecule is O=C(NC1CCCCCC1)c1ccc2c(Cl)c3c(nc2c1)CCC3. The highest BCUT2D eigenvalue weighted by atomic mass is 35.5. The molecule has 2 aromatic rings. The van der Waals surface area contributed by atoms with Crippen molar-refractivity contribution in [2.24, 2.45) is 0 Å². The topological polar surface area (TPSA) is 42.0 Å². The Balaban J connectivity index is 1.60. The number of pyridine rings is 1. The zero-order valence-corrected chi connectivity index (χ0v) is 14.7. The molecule has 3 nitrogen and oxygen atoms in total. The molecule has 1 fully saturated rings. The molecule has 0 aliphatic heterocycles. The first-order chi connectivity index (χ1) is 11.7. The van der Waals surface area contributed by atoms with Crippen molar-refractivity contribution >= 4 is 28.4 Å². The third-order valence-electron chi connectivity index (χ3n) is 5.40. The van der Waals surface area contributed by atoms with Crippen molar-refractivity contribution in [1.82, 2.24) is 10.3 Å². The first-order valence-corrected chi connectivity index (χ1v) is 9.52. The lowest BCUT2D eigenvalue weighted by Gasteiger charge is -2.16. The van der Waals surface area contributed by atoms with Gasteiger partial charge in [0.1, 0.15) is 0 Å². The lowest BCUT2D eigenvalue weighted by atomic mass is 10.1. The number of aromatic nitrogens is 1. The first kappa shape index (κ1) is 15.9. The van der Waals surface area contributed by atoms with Crippen molar-refractivity contribution < 1.29 is 4.79 Å². The van der Waals surface area contributed by atoms with Crippen molar-refractivity contribution in [2.75, 3.05) is 0 Å². The van der Waals surface area contributed by atoms with Gasteiger partial charge < -0.3 is 5.32 Å². The summed E-state index contributed by atoms with van der Waals surface area (Å²) in [5, 5.41) is 4.99. The summed E-state index contributed by atoms with van der Waals surface area (Å²) in [7, 11) is 0. The van der Waals surface area contributed by atoms with Gasteiger partial charge in [0.05, 0.1) is 10.5 Å². The van der Waals surface area contributed by atoms with Crippen LogP contribution in [0.25, 0.3) is 10.9 Å². The number of carbonyl (C=O) groups excluding carboxylic acids is 1. The summed E-state index contributed by atoms with van der Waals surface area (Å²) in [6, 6.07) is 6.03. The number of hydrogen-bond acceptors (Lipinski definition) is 2. The summed E-state index contributed by atoms with van der Waals surface area (Å²) in [4.78, 5) is 17.4. The molecule has 2 aliphatic carbocycles. The second kappa shape index (κ2) is 6.72. The van der Waals surface area contributed by atoms with Crippen molar-refractivity contribution in [3.05, 3.63) is 40.0 Å². The molecular formula is C20H23ClN2O. The Kier molecular flexibility index (Phi) is 4.45. The maximum absolute atomic E-state index is 12.6. The minimum atomic E-state index is 0.0159. The minimum Gasteiger partial charge on any atom is -0.349 e. The Labute approximate surface area is 147 Å². The number of rotatable bonds is 2. The average molecular weight is 343 g/mol. The molecule has 4 heteroatoms. The number of fused-ring (bicyclic) bond motifs is 2. The van der Waals surface area contributed by atoms with Gasteiger partial charge in [0.2, 0.25) is 0 Å². The van der Waals surface area contributed by atoms with E-state index >= 15 is 0 Å². The number of aryl methyl sites for hydroxylation is 1. The van der Waals surface area contributed by atoms with Crippen molar-refractivity contribution in [3.63, 3.8) is 0 Å². The van der Waals surface area contributed by atoms with E-state index in [1.807, 2.05) is 18.2 Å². The van der Waals surface area contributed by atoms with Crippen molar-refractivity contribution in [3.8, 4) is 0 Å². The number of benzene rings is 1. The third kappa shape index (κ3) is 3.02. The predicted molar refractivity (Wildman–Crippen MR) is 97.7 cm³/mol. The Morgan fingerprint density at radius 2 is 1.88 bits per heavy atom. The van der Waals surface area contributed by atoms with Crippen LogP contribution in [0.15, 0.2) is 18.2 Å². The van der Waals surface area contributed by atoms with Crippen LogP contribution in [0.5, 0.6) is 0 Å². The molecule has 0 bridgehead atoms. The normalized spacial score (nSPS) is 18.4. The summed E-state index contributed by atoms with van der Waals surface area (Å²) in [5.41, 5.74) is 3.83. The fourth-order valence-corrected chi connectivity index (χ4v) is 4.40. The van der Waals surface area contributed by atoms with Crippen LogP contribution >= 0.6 is 11.6 Å². The van der Waals surface area contributed by atoms with Gasteiger partial charge in [-0.3, -0.25) is 9.78 Å². The van der Waals surface area contributed by atoms with Crippen LogP contribution in [-0.2, 0) is 12.8 Å². The van der Waals surface area contributed by atoms with Gasteiger partial charge in [-0.2, -0.15) is 0 Å². The van der Waals surface area contributed by atoms with Crippen LogP contribution in [0.3, 0.4) is 0 Å². The van der Waals surface area contributed by atoms with E-state index in [-0.39, 0.29) is 5.91 Å². The van der Waals surface area contributed by atoms with Crippen LogP contribution in [0.2, 0.25) is 5.02 Å². The summed E-state index contributed by atoms with van der Waals surface area (Å²) in [6.07, 6.45) is 10.3. The van der Waals surface area contributed by atoms with E-state index in [0.29, 0.717) is 11.6 Å². The maximum atomic E-state index is 12.6. The zero-order valence-electron chi connectivity index (χ0n) is 13.9. The van der Waals surface area contributed by atoms with Gasteiger partial charge in [-0.25, -0.2) is 0 Å². The molecule has 126 valence electrons. The molecule has 0 spiro atoms. The molecule has 1 amide bonds. The van der Waals surface area contributed by atoms with Crippen LogP contribution in [-0.4, -0.2) is 16.9 Å². The van der Waals surface area contributed by atoms with Gasteiger partial charge in [0.15, 0.2) is 0 Å². The lowest BCUT2D eigenvalue weighted by Crippen LogP contribution is -2.34. The van der Waals surface area contributed by atoms with E-state index in [2.05, 4.69) is 5.32 Å². The fourth-order valence-electron chi connectivity index (χ4n) is 4.04. The minimum absolute atomic E-state index is 0.0159. The monoisotopic (exact) mass is 342 g/mol. The van der Waals surface area contributed by atoms with Gasteiger partial charge in [0.25, 0.3) is 5.91 Å². The summed E-state index contributed by atoms with van der Waals surface area (Å²) in [6.45, 7) is 0. The van der Waals surface area contributed by atoms with Crippen molar-refractivity contribution in [2.45, 2.75) is 63.8 Å². The van der Waals surface area contributed by atoms with E-state index in [0.717, 1.165) is 53.7 Å². The zero-order chi connectivity index (χ0) is 16.5. The van der Waals surface area contributed by atoms with E-state index < -0.39 is 0 Å². The molecule has 2 aliphatic rings. The average Bonchev–Trinajstić information content (AvgIpc) is 2.91. The van der Waals surface area contributed by atoms with Gasteiger partial charge in [0, 0.05) is 22.7 Å². The Morgan fingerprint density at radius 1 is 1.08 bits per heavy atom. The predicted octanol–water partition coefficient (Wildman–Crippen LogP) is 4.83. The third-order valence-corrected chi connectivity index (χ3v) is 5.83. The molecule has 24 heavy (non-hydrogen) atoms. The fraction of sp³-hybridized carbons (Fsp3) is 0.500. The number of halogens is 1. The van der Waals surface area contributed by atoms with E-state index in [1.165, 1.54) is 31.2 Å². The first-order valence-electron chi connectivity index (χ1n) is 9.14. The molecule has 0 radical (unpaired) electrons. The molecule has 0 unspecified atom stereocenters. The number of nitrogens with zero attached hydrogens (tertiary/aromatic N) is 1. The summed E-state index contributed by atoms with van der Waals surface area (Å²) in [5.74, 6) is 0.0159. The Morgan fingerprint density at radius 3 is 2.67 bits per heavy atom. The quantitative estimate of drug-likeness (QED) is 0.794. The van der Waals surface area contributed by atoms with Crippen LogP contribution in [0.1, 0.15) is 66.6 Å². The molecular weight excluding hydrogens is 320 g/mol.